The van der Waals surface area contributed by atoms with Gasteiger partial charge in [-0.3, -0.25) is 4.79 Å². The van der Waals surface area contributed by atoms with Gasteiger partial charge in [0.05, 0.1) is 0 Å². The van der Waals surface area contributed by atoms with E-state index in [2.05, 4.69) is 31.3 Å². The van der Waals surface area contributed by atoms with Crippen LogP contribution in [-0.4, -0.2) is 12.1 Å². The zero-order valence-corrected chi connectivity index (χ0v) is 9.00. The van der Waals surface area contributed by atoms with Crippen LogP contribution in [0.1, 0.15) is 40.5 Å². The third-order valence-electron chi connectivity index (χ3n) is 1.81. The van der Waals surface area contributed by atoms with Crippen LogP contribution in [0.25, 0.3) is 0 Å². The third-order valence-corrected chi connectivity index (χ3v) is 1.81. The van der Waals surface area contributed by atoms with Crippen LogP contribution in [-0.2, 0) is 4.79 Å². The van der Waals surface area contributed by atoms with Crippen molar-refractivity contribution in [2.24, 2.45) is 16.9 Å². The molecular weight excluding hydrogens is 164 g/mol. The van der Waals surface area contributed by atoms with Crippen LogP contribution in [0.3, 0.4) is 0 Å². The molecular formula is C10H20N2O. The minimum atomic E-state index is -0.115. The van der Waals surface area contributed by atoms with Gasteiger partial charge >= 0.3 is 0 Å². The summed E-state index contributed by atoms with van der Waals surface area (Å²) in [5.74, 6) is 1.04. The summed E-state index contributed by atoms with van der Waals surface area (Å²) in [5, 5.41) is 3.87. The monoisotopic (exact) mass is 184 g/mol. The summed E-state index contributed by atoms with van der Waals surface area (Å²) in [6.45, 7) is 7.97. The first-order valence-electron chi connectivity index (χ1n) is 4.86. The topological polar surface area (TPSA) is 41.5 Å². The van der Waals surface area contributed by atoms with E-state index in [0.29, 0.717) is 11.8 Å². The van der Waals surface area contributed by atoms with Crippen molar-refractivity contribution in [3.63, 3.8) is 0 Å². The molecule has 3 nitrogen and oxygen atoms in total. The number of nitrogens with one attached hydrogen (secondary N) is 1. The molecule has 0 bridgehead atoms. The Labute approximate surface area is 80.6 Å². The highest BCUT2D eigenvalue weighted by Gasteiger charge is 2.05. The predicted molar refractivity (Wildman–Crippen MR) is 55.5 cm³/mol. The second-order valence-electron chi connectivity index (χ2n) is 3.74. The molecule has 0 heterocycles. The first kappa shape index (κ1) is 12.1. The Bertz CT molecular complexity index is 176. The number of hydrogen-bond donors (Lipinski definition) is 1. The van der Waals surface area contributed by atoms with E-state index in [0.717, 1.165) is 12.8 Å². The number of amides is 1. The number of nitrogens with zero attached hydrogens (tertiary/aromatic N) is 1. The van der Waals surface area contributed by atoms with E-state index in [1.54, 1.807) is 0 Å². The van der Waals surface area contributed by atoms with Gasteiger partial charge < -0.3 is 0 Å². The highest BCUT2D eigenvalue weighted by atomic mass is 16.2. The van der Waals surface area contributed by atoms with E-state index in [4.69, 9.17) is 0 Å². The first-order chi connectivity index (χ1) is 6.06. The summed E-state index contributed by atoms with van der Waals surface area (Å²) in [5.41, 5.74) is 2.41. The van der Waals surface area contributed by atoms with Crippen molar-refractivity contribution >= 4 is 12.1 Å². The maximum Gasteiger partial charge on any atom is 0.236 e. The molecule has 13 heavy (non-hydrogen) atoms. The zero-order chi connectivity index (χ0) is 10.3. The van der Waals surface area contributed by atoms with Crippen LogP contribution in [0, 0.1) is 11.8 Å². The smallest absolute Gasteiger partial charge is 0.236 e. The summed E-state index contributed by atoms with van der Waals surface area (Å²) >= 11 is 0. The molecule has 1 N–H and O–H groups in total. The summed E-state index contributed by atoms with van der Waals surface area (Å²) in [4.78, 5) is 10.5. The van der Waals surface area contributed by atoms with Gasteiger partial charge in [0.1, 0.15) is 0 Å². The highest BCUT2D eigenvalue weighted by Crippen LogP contribution is 2.12. The van der Waals surface area contributed by atoms with E-state index in [9.17, 15) is 4.79 Å². The highest BCUT2D eigenvalue weighted by molar-refractivity contribution is 5.74. The summed E-state index contributed by atoms with van der Waals surface area (Å²) < 4.78 is 0. The van der Waals surface area contributed by atoms with Crippen molar-refractivity contribution in [3.8, 4) is 0 Å². The Hall–Kier alpha value is -0.860. The largest absolute Gasteiger partial charge is 0.274 e. The lowest BCUT2D eigenvalue weighted by atomic mass is 9.96. The lowest BCUT2D eigenvalue weighted by Gasteiger charge is -2.11. The van der Waals surface area contributed by atoms with E-state index in [-0.39, 0.29) is 5.91 Å². The Morgan fingerprint density at radius 1 is 1.54 bits per heavy atom. The van der Waals surface area contributed by atoms with Crippen molar-refractivity contribution in [2.45, 2.75) is 40.5 Å². The third kappa shape index (κ3) is 7.50. The maximum atomic E-state index is 10.5. The molecule has 0 aromatic carbocycles. The Balaban J connectivity index is 3.82. The van der Waals surface area contributed by atoms with Gasteiger partial charge in [-0.15, -0.1) is 0 Å². The van der Waals surface area contributed by atoms with Crippen LogP contribution in [0.15, 0.2) is 5.10 Å². The van der Waals surface area contributed by atoms with Crippen LogP contribution >= 0.6 is 0 Å². The Morgan fingerprint density at radius 2 is 2.15 bits per heavy atom. The van der Waals surface area contributed by atoms with Crippen LogP contribution in [0.4, 0.5) is 0 Å². The van der Waals surface area contributed by atoms with Gasteiger partial charge in [-0.25, -0.2) is 5.43 Å². The van der Waals surface area contributed by atoms with Gasteiger partial charge in [-0.1, -0.05) is 20.8 Å². The molecule has 0 aromatic heterocycles. The van der Waals surface area contributed by atoms with Gasteiger partial charge in [-0.05, 0) is 24.7 Å². The molecule has 0 aromatic rings. The van der Waals surface area contributed by atoms with E-state index < -0.39 is 0 Å². The molecule has 76 valence electrons. The van der Waals surface area contributed by atoms with Gasteiger partial charge in [0, 0.05) is 13.1 Å². The van der Waals surface area contributed by atoms with Gasteiger partial charge in [0.15, 0.2) is 0 Å². The molecule has 0 radical (unpaired) electrons. The average molecular weight is 184 g/mol. The number of rotatable bonds is 5. The van der Waals surface area contributed by atoms with Crippen LogP contribution in [0.5, 0.6) is 0 Å². The molecule has 1 unspecified atom stereocenters. The molecule has 3 heteroatoms. The van der Waals surface area contributed by atoms with Crippen LogP contribution in [0.2, 0.25) is 0 Å². The fourth-order valence-corrected chi connectivity index (χ4v) is 1.17. The summed E-state index contributed by atoms with van der Waals surface area (Å²) in [6.07, 6.45) is 4.03. The lowest BCUT2D eigenvalue weighted by molar-refractivity contribution is -0.118. The first-order valence-corrected chi connectivity index (χ1v) is 4.86. The summed E-state index contributed by atoms with van der Waals surface area (Å²) in [7, 11) is 0. The van der Waals surface area contributed by atoms with Gasteiger partial charge in [0.25, 0.3) is 0 Å². The second-order valence-corrected chi connectivity index (χ2v) is 3.74. The molecule has 0 saturated carbocycles. The quantitative estimate of drug-likeness (QED) is 0.516. The molecule has 1 amide bonds. The minimum absolute atomic E-state index is 0.115. The number of carbonyl (C=O) groups excluding carboxylic acids is 1. The van der Waals surface area contributed by atoms with E-state index in [1.807, 2.05) is 6.21 Å². The normalized spacial score (nSPS) is 13.6. The molecule has 0 rings (SSSR count). The average Bonchev–Trinajstić information content (AvgIpc) is 2.01. The van der Waals surface area contributed by atoms with Gasteiger partial charge in [0.2, 0.25) is 5.91 Å². The Morgan fingerprint density at radius 3 is 2.54 bits per heavy atom. The number of hydrazone groups is 1. The second kappa shape index (κ2) is 6.63. The van der Waals surface area contributed by atoms with Crippen molar-refractivity contribution in [2.75, 3.05) is 0 Å². The van der Waals surface area contributed by atoms with Crippen molar-refractivity contribution < 1.29 is 4.79 Å². The lowest BCUT2D eigenvalue weighted by Crippen LogP contribution is -2.14. The predicted octanol–water partition coefficient (Wildman–Crippen LogP) is 2.18. The molecule has 0 aliphatic rings. The molecule has 1 atom stereocenters. The molecule has 0 saturated heterocycles. The SMILES string of the molecule is CCC(/C=N/NC(C)=O)CC(C)C. The molecule has 0 fully saturated rings. The molecule has 0 spiro atoms. The zero-order valence-electron chi connectivity index (χ0n) is 9.00. The standard InChI is InChI=1S/C10H20N2O/c1-5-10(6-8(2)3)7-11-12-9(4)13/h7-8,10H,5-6H2,1-4H3,(H,12,13)/b11-7+. The minimum Gasteiger partial charge on any atom is -0.274 e. The molecule has 0 aliphatic carbocycles. The number of hydrogen-bond acceptors (Lipinski definition) is 2. The van der Waals surface area contributed by atoms with Crippen LogP contribution < -0.4 is 5.43 Å². The van der Waals surface area contributed by atoms with E-state index in [1.165, 1.54) is 6.92 Å². The van der Waals surface area contributed by atoms with E-state index >= 15 is 0 Å². The fraction of sp³-hybridized carbons (Fsp3) is 0.800. The van der Waals surface area contributed by atoms with Gasteiger partial charge in [-0.2, -0.15) is 5.10 Å². The molecule has 0 aliphatic heterocycles. The Kier molecular flexibility index (Phi) is 6.20. The van der Waals surface area contributed by atoms with Crippen molar-refractivity contribution in [1.29, 1.82) is 0 Å². The maximum absolute atomic E-state index is 10.5. The summed E-state index contributed by atoms with van der Waals surface area (Å²) in [6, 6.07) is 0. The van der Waals surface area contributed by atoms with Crippen molar-refractivity contribution in [3.05, 3.63) is 0 Å². The van der Waals surface area contributed by atoms with Crippen molar-refractivity contribution in [1.82, 2.24) is 5.43 Å². The number of carbonyl (C=O) groups is 1. The fourth-order valence-electron chi connectivity index (χ4n) is 1.17.